The summed E-state index contributed by atoms with van der Waals surface area (Å²) < 4.78 is 0. The van der Waals surface area contributed by atoms with Crippen LogP contribution in [-0.2, 0) is 0 Å². The molecule has 0 atom stereocenters. The van der Waals surface area contributed by atoms with Gasteiger partial charge in [-0.05, 0) is 38.1 Å². The van der Waals surface area contributed by atoms with Crippen molar-refractivity contribution in [1.29, 1.82) is 0 Å². The third-order valence-electron chi connectivity index (χ3n) is 3.47. The maximum atomic E-state index is 12.4. The average molecular weight is 327 g/mol. The minimum Gasteiger partial charge on any atom is -0.352 e. The number of anilines is 1. The molecule has 0 aliphatic heterocycles. The fraction of sp³-hybridized carbons (Fsp3) is 0.176. The summed E-state index contributed by atoms with van der Waals surface area (Å²) in [6, 6.07) is 10.8. The molecule has 2 aromatic rings. The van der Waals surface area contributed by atoms with Gasteiger partial charge in [0, 0.05) is 35.0 Å². The van der Waals surface area contributed by atoms with E-state index in [2.05, 4.69) is 10.6 Å². The number of nitrogens with zero attached hydrogens (tertiary/aromatic N) is 1. The smallest absolute Gasteiger partial charge is 0.273 e. The van der Waals surface area contributed by atoms with Crippen LogP contribution in [0.1, 0.15) is 33.2 Å². The second kappa shape index (κ2) is 7.36. The first-order valence-corrected chi connectivity index (χ1v) is 7.37. The quantitative estimate of drug-likeness (QED) is 0.651. The lowest BCUT2D eigenvalue weighted by atomic mass is 10.1. The molecule has 24 heavy (non-hydrogen) atoms. The molecule has 0 bridgehead atoms. The highest BCUT2D eigenvalue weighted by molar-refractivity contribution is 6.06. The number of nitrogens with one attached hydrogen (secondary N) is 2. The summed E-state index contributed by atoms with van der Waals surface area (Å²) in [6.07, 6.45) is 0. The molecule has 2 amide bonds. The average Bonchev–Trinajstić information content (AvgIpc) is 2.55. The highest BCUT2D eigenvalue weighted by Crippen LogP contribution is 2.22. The molecule has 124 valence electrons. The number of carbonyl (C=O) groups excluding carboxylic acids is 2. The van der Waals surface area contributed by atoms with Gasteiger partial charge in [-0.25, -0.2) is 0 Å². The Kier molecular flexibility index (Phi) is 5.26. The SMILES string of the molecule is CCNC(=O)c1cccc(NC(=O)c2cccc([N+](=O)[O-])c2C)c1. The van der Waals surface area contributed by atoms with E-state index in [1.54, 1.807) is 24.3 Å². The van der Waals surface area contributed by atoms with Gasteiger partial charge in [0.25, 0.3) is 17.5 Å². The highest BCUT2D eigenvalue weighted by Gasteiger charge is 2.18. The summed E-state index contributed by atoms with van der Waals surface area (Å²) in [5, 5.41) is 16.3. The summed E-state index contributed by atoms with van der Waals surface area (Å²) in [7, 11) is 0. The van der Waals surface area contributed by atoms with Gasteiger partial charge in [-0.15, -0.1) is 0 Å². The van der Waals surface area contributed by atoms with Gasteiger partial charge >= 0.3 is 0 Å². The van der Waals surface area contributed by atoms with Crippen LogP contribution in [0.15, 0.2) is 42.5 Å². The zero-order chi connectivity index (χ0) is 17.7. The summed E-state index contributed by atoms with van der Waals surface area (Å²) >= 11 is 0. The summed E-state index contributed by atoms with van der Waals surface area (Å²) in [4.78, 5) is 34.6. The molecule has 0 aromatic heterocycles. The number of nitro groups is 1. The van der Waals surface area contributed by atoms with Gasteiger partial charge in [-0.1, -0.05) is 12.1 Å². The number of carbonyl (C=O) groups is 2. The van der Waals surface area contributed by atoms with Crippen molar-refractivity contribution in [2.45, 2.75) is 13.8 Å². The monoisotopic (exact) mass is 327 g/mol. The van der Waals surface area contributed by atoms with Crippen LogP contribution in [0.3, 0.4) is 0 Å². The number of amides is 2. The first kappa shape index (κ1) is 17.1. The Morgan fingerprint density at radius 3 is 2.50 bits per heavy atom. The van der Waals surface area contributed by atoms with E-state index in [0.29, 0.717) is 23.4 Å². The van der Waals surface area contributed by atoms with Crippen molar-refractivity contribution in [3.05, 3.63) is 69.3 Å². The molecule has 0 heterocycles. The lowest BCUT2D eigenvalue weighted by Crippen LogP contribution is -2.22. The third kappa shape index (κ3) is 3.75. The highest BCUT2D eigenvalue weighted by atomic mass is 16.6. The number of rotatable bonds is 5. The van der Waals surface area contributed by atoms with E-state index >= 15 is 0 Å². The number of benzene rings is 2. The Balaban J connectivity index is 2.25. The fourth-order valence-corrected chi connectivity index (χ4v) is 2.27. The van der Waals surface area contributed by atoms with Crippen LogP contribution in [0, 0.1) is 17.0 Å². The molecule has 0 saturated carbocycles. The van der Waals surface area contributed by atoms with Gasteiger partial charge < -0.3 is 10.6 Å². The first-order chi connectivity index (χ1) is 11.4. The van der Waals surface area contributed by atoms with Crippen LogP contribution in [0.5, 0.6) is 0 Å². The molecule has 0 aliphatic rings. The molecule has 7 heteroatoms. The van der Waals surface area contributed by atoms with Crippen LogP contribution in [0.2, 0.25) is 0 Å². The van der Waals surface area contributed by atoms with Gasteiger partial charge in [0.15, 0.2) is 0 Å². The molecular formula is C17H17N3O4. The van der Waals surface area contributed by atoms with Crippen molar-refractivity contribution in [2.24, 2.45) is 0 Å². The standard InChI is InChI=1S/C17H17N3O4/c1-3-18-16(21)12-6-4-7-13(10-12)19-17(22)14-8-5-9-15(11(14)2)20(23)24/h4-10H,3H2,1-2H3,(H,18,21)(H,19,22). The first-order valence-electron chi connectivity index (χ1n) is 7.37. The molecule has 2 rings (SSSR count). The molecular weight excluding hydrogens is 310 g/mol. The van der Waals surface area contributed by atoms with Crippen LogP contribution in [0.25, 0.3) is 0 Å². The topological polar surface area (TPSA) is 101 Å². The predicted molar refractivity (Wildman–Crippen MR) is 90.2 cm³/mol. The summed E-state index contributed by atoms with van der Waals surface area (Å²) in [5.74, 6) is -0.704. The molecule has 0 saturated heterocycles. The van der Waals surface area contributed by atoms with Crippen molar-refractivity contribution < 1.29 is 14.5 Å². The van der Waals surface area contributed by atoms with Crippen molar-refractivity contribution in [1.82, 2.24) is 5.32 Å². The van der Waals surface area contributed by atoms with Gasteiger partial charge in [-0.3, -0.25) is 19.7 Å². The van der Waals surface area contributed by atoms with Crippen molar-refractivity contribution in [2.75, 3.05) is 11.9 Å². The minimum absolute atomic E-state index is 0.112. The summed E-state index contributed by atoms with van der Waals surface area (Å²) in [5.41, 5.74) is 1.26. The minimum atomic E-state index is -0.526. The van der Waals surface area contributed by atoms with E-state index in [-0.39, 0.29) is 17.2 Å². The molecule has 0 spiro atoms. The second-order valence-electron chi connectivity index (χ2n) is 5.10. The van der Waals surface area contributed by atoms with E-state index < -0.39 is 10.8 Å². The van der Waals surface area contributed by atoms with Crippen LogP contribution in [0.4, 0.5) is 11.4 Å². The Labute approximate surface area is 138 Å². The van der Waals surface area contributed by atoms with Crippen molar-refractivity contribution in [3.8, 4) is 0 Å². The van der Waals surface area contributed by atoms with Gasteiger partial charge in [-0.2, -0.15) is 0 Å². The van der Waals surface area contributed by atoms with Crippen LogP contribution < -0.4 is 10.6 Å². The molecule has 7 nitrogen and oxygen atoms in total. The number of hydrogen-bond donors (Lipinski definition) is 2. The largest absolute Gasteiger partial charge is 0.352 e. The van der Waals surface area contributed by atoms with Gasteiger partial charge in [0.2, 0.25) is 0 Å². The van der Waals surface area contributed by atoms with Gasteiger partial charge in [0.05, 0.1) is 4.92 Å². The number of hydrogen-bond acceptors (Lipinski definition) is 4. The molecule has 0 radical (unpaired) electrons. The van der Waals surface area contributed by atoms with E-state index in [1.807, 2.05) is 6.92 Å². The van der Waals surface area contributed by atoms with Crippen molar-refractivity contribution >= 4 is 23.2 Å². The Morgan fingerprint density at radius 1 is 1.12 bits per heavy atom. The Bertz CT molecular complexity index is 802. The fourth-order valence-electron chi connectivity index (χ4n) is 2.27. The second-order valence-corrected chi connectivity index (χ2v) is 5.10. The normalized spacial score (nSPS) is 10.1. The lowest BCUT2D eigenvalue weighted by molar-refractivity contribution is -0.385. The molecule has 0 aliphatic carbocycles. The van der Waals surface area contributed by atoms with Crippen molar-refractivity contribution in [3.63, 3.8) is 0 Å². The molecule has 0 unspecified atom stereocenters. The van der Waals surface area contributed by atoms with E-state index in [4.69, 9.17) is 0 Å². The third-order valence-corrected chi connectivity index (χ3v) is 3.47. The van der Waals surface area contributed by atoms with E-state index in [1.165, 1.54) is 25.1 Å². The predicted octanol–water partition coefficient (Wildman–Crippen LogP) is 2.91. The number of nitro benzene ring substituents is 1. The maximum Gasteiger partial charge on any atom is 0.273 e. The zero-order valence-corrected chi connectivity index (χ0v) is 13.3. The Morgan fingerprint density at radius 2 is 1.83 bits per heavy atom. The van der Waals surface area contributed by atoms with Crippen LogP contribution >= 0.6 is 0 Å². The summed E-state index contributed by atoms with van der Waals surface area (Å²) in [6.45, 7) is 3.84. The zero-order valence-electron chi connectivity index (χ0n) is 13.3. The van der Waals surface area contributed by atoms with Crippen LogP contribution in [-0.4, -0.2) is 23.3 Å². The van der Waals surface area contributed by atoms with E-state index in [9.17, 15) is 19.7 Å². The molecule has 0 fully saturated rings. The molecule has 2 aromatic carbocycles. The Hall–Kier alpha value is -3.22. The lowest BCUT2D eigenvalue weighted by Gasteiger charge is -2.09. The van der Waals surface area contributed by atoms with E-state index in [0.717, 1.165) is 0 Å². The molecule has 2 N–H and O–H groups in total. The maximum absolute atomic E-state index is 12.4. The van der Waals surface area contributed by atoms with Gasteiger partial charge in [0.1, 0.15) is 0 Å².